The van der Waals surface area contributed by atoms with Gasteiger partial charge in [-0.05, 0) is 202 Å². The number of hydrogen-bond acceptors (Lipinski definition) is 13. The minimum Gasteiger partial charge on any atom is -0.494 e. The molecule has 0 bridgehead atoms. The molecule has 0 radical (unpaired) electrons. The molecule has 80 heavy (non-hydrogen) atoms. The van der Waals surface area contributed by atoms with Gasteiger partial charge in [-0.1, -0.05) is 99.6 Å². The highest BCUT2D eigenvalue weighted by Gasteiger charge is 2.47. The normalized spacial score (nSPS) is 14.8. The predicted octanol–water partition coefficient (Wildman–Crippen LogP) is 11.5. The van der Waals surface area contributed by atoms with Crippen molar-refractivity contribution in [3.05, 3.63) is 155 Å². The number of aliphatic hydroxyl groups is 3. The molecule has 0 heterocycles. The van der Waals surface area contributed by atoms with Gasteiger partial charge in [0.1, 0.15) is 47.3 Å². The van der Waals surface area contributed by atoms with Gasteiger partial charge in [-0.15, -0.1) is 0 Å². The van der Waals surface area contributed by atoms with Gasteiger partial charge in [0.15, 0.2) is 0 Å². The number of benzene rings is 5. The van der Waals surface area contributed by atoms with Crippen LogP contribution in [0.3, 0.4) is 0 Å². The lowest BCUT2D eigenvalue weighted by atomic mass is 9.68. The van der Waals surface area contributed by atoms with E-state index < -0.39 is 40.9 Å². The Morgan fingerprint density at radius 1 is 0.588 bits per heavy atom. The number of likely N-dealkylation sites (N-methyl/N-ethyl adjacent to an activating group) is 1. The Labute approximate surface area is 478 Å². The molecule has 13 heteroatoms. The molecule has 0 spiro atoms. The molecule has 0 fully saturated rings. The highest BCUT2D eigenvalue weighted by Crippen LogP contribution is 2.42. The molecule has 0 aliphatic rings. The molecule has 0 aromatic heterocycles. The van der Waals surface area contributed by atoms with Crippen LogP contribution in [0, 0.1) is 5.41 Å². The van der Waals surface area contributed by atoms with E-state index in [9.17, 15) is 24.9 Å². The first-order valence-corrected chi connectivity index (χ1v) is 29.1. The van der Waals surface area contributed by atoms with Gasteiger partial charge < -0.3 is 49.1 Å². The van der Waals surface area contributed by atoms with Gasteiger partial charge in [-0.2, -0.15) is 0 Å². The first-order valence-electron chi connectivity index (χ1n) is 29.1. The van der Waals surface area contributed by atoms with E-state index >= 15 is 0 Å². The van der Waals surface area contributed by atoms with Crippen LogP contribution in [0.2, 0.25) is 0 Å². The third-order valence-electron chi connectivity index (χ3n) is 15.8. The number of esters is 2. The van der Waals surface area contributed by atoms with Crippen LogP contribution in [0.25, 0.3) is 0 Å². The fourth-order valence-electron chi connectivity index (χ4n) is 9.66. The van der Waals surface area contributed by atoms with Crippen molar-refractivity contribution in [2.75, 3.05) is 40.0 Å². The molecule has 13 nitrogen and oxygen atoms in total. The van der Waals surface area contributed by atoms with Crippen LogP contribution in [0.4, 0.5) is 0 Å². The summed E-state index contributed by atoms with van der Waals surface area (Å²) in [6.45, 7) is 20.2. The van der Waals surface area contributed by atoms with Gasteiger partial charge in [0, 0.05) is 12.0 Å². The van der Waals surface area contributed by atoms with Gasteiger partial charge in [0.05, 0.1) is 43.7 Å². The molecule has 5 aromatic rings. The Hall–Kier alpha value is -5.96. The summed E-state index contributed by atoms with van der Waals surface area (Å²) in [6, 6.07) is 40.5. The fraction of sp³-hybridized carbons (Fsp3) is 0.522. The number of nitrogens with one attached hydrogen (secondary N) is 1. The Kier molecular flexibility index (Phi) is 26.3. The summed E-state index contributed by atoms with van der Waals surface area (Å²) in [5.74, 6) is 2.44. The van der Waals surface area contributed by atoms with E-state index in [-0.39, 0.29) is 24.6 Å². The van der Waals surface area contributed by atoms with Gasteiger partial charge in [-0.25, -0.2) is 0 Å². The van der Waals surface area contributed by atoms with E-state index in [0.717, 1.165) is 46.6 Å². The molecule has 5 aromatic carbocycles. The van der Waals surface area contributed by atoms with Crippen LogP contribution < -0.4 is 24.3 Å². The van der Waals surface area contributed by atoms with Gasteiger partial charge in [-0.3, -0.25) is 14.5 Å². The summed E-state index contributed by atoms with van der Waals surface area (Å²) in [7, 11) is 1.95. The average Bonchev–Trinajstić information content (AvgIpc) is 3.54. The van der Waals surface area contributed by atoms with Crippen molar-refractivity contribution in [3.8, 4) is 23.0 Å². The highest BCUT2D eigenvalue weighted by atomic mass is 16.5. The van der Waals surface area contributed by atoms with Crippen molar-refractivity contribution in [3.63, 3.8) is 0 Å². The van der Waals surface area contributed by atoms with Gasteiger partial charge in [0.25, 0.3) is 0 Å². The second-order valence-corrected chi connectivity index (χ2v) is 22.5. The van der Waals surface area contributed by atoms with Crippen LogP contribution in [0.5, 0.6) is 23.0 Å². The Morgan fingerprint density at radius 2 is 1.11 bits per heavy atom. The number of aryl methyl sites for hydroxylation is 1. The van der Waals surface area contributed by atoms with Gasteiger partial charge >= 0.3 is 11.9 Å². The standard InChI is InChI=1S/C67H94N2O11/c1-11-66(8,61(70)23-18-44-76-55-33-29-52(30-34-55)46-59(63(72)75-13-3)68-42-17-22-50-25-37-57(38-26-50)79-49(4)5)65(6,7)80-58-39-27-51(28-40-58)41-43-69(10)60(64(73)78-48-54-20-15-14-16-21-54)47-53-31-35-56(36-32-53)77-45-19-24-62(71)67(9,74)12-2/h14-16,20-21,25-40,49,59-62,68,70-71,74H,11-13,17-19,22-24,41-48H2,1-10H3. The monoisotopic (exact) mass is 1100 g/mol. The van der Waals surface area contributed by atoms with Crippen molar-refractivity contribution in [1.82, 2.24) is 10.2 Å². The molecular formula is C67H94N2O11. The van der Waals surface area contributed by atoms with E-state index in [1.54, 1.807) is 6.92 Å². The third-order valence-corrected chi connectivity index (χ3v) is 15.8. The molecule has 6 unspecified atom stereocenters. The number of rotatable bonds is 37. The average molecular weight is 1100 g/mol. The summed E-state index contributed by atoms with van der Waals surface area (Å²) in [6.07, 6.45) is 5.44. The minimum atomic E-state index is -1.12. The number of aliphatic hydroxyl groups excluding tert-OH is 2. The first kappa shape index (κ1) is 64.9. The van der Waals surface area contributed by atoms with Crippen molar-refractivity contribution < 1.29 is 53.3 Å². The van der Waals surface area contributed by atoms with Crippen LogP contribution in [0.1, 0.15) is 135 Å². The zero-order valence-corrected chi connectivity index (χ0v) is 49.6. The Balaban J connectivity index is 1.08. The zero-order chi connectivity index (χ0) is 58.1. The maximum Gasteiger partial charge on any atom is 0.324 e. The van der Waals surface area contributed by atoms with Crippen LogP contribution in [-0.4, -0.2) is 114 Å². The molecule has 6 atom stereocenters. The van der Waals surface area contributed by atoms with E-state index in [1.165, 1.54) is 5.56 Å². The van der Waals surface area contributed by atoms with E-state index in [1.807, 2.05) is 152 Å². The number of carbonyl (C=O) groups is 2. The summed E-state index contributed by atoms with van der Waals surface area (Å²) in [5, 5.41) is 35.8. The van der Waals surface area contributed by atoms with Crippen molar-refractivity contribution >= 4 is 11.9 Å². The molecule has 0 saturated carbocycles. The maximum atomic E-state index is 13.8. The lowest BCUT2D eigenvalue weighted by Crippen LogP contribution is -2.53. The maximum absolute atomic E-state index is 13.8. The van der Waals surface area contributed by atoms with Crippen LogP contribution in [0.15, 0.2) is 127 Å². The van der Waals surface area contributed by atoms with Crippen molar-refractivity contribution in [1.29, 1.82) is 0 Å². The number of ether oxygens (including phenoxy) is 6. The fourth-order valence-corrected chi connectivity index (χ4v) is 9.66. The summed E-state index contributed by atoms with van der Waals surface area (Å²) in [5.41, 5.74) is 2.79. The Morgan fingerprint density at radius 3 is 1.66 bits per heavy atom. The lowest BCUT2D eigenvalue weighted by Gasteiger charge is -2.46. The molecule has 0 amide bonds. The van der Waals surface area contributed by atoms with E-state index in [4.69, 9.17) is 28.4 Å². The SMILES string of the molecule is CCOC(=O)C(Cc1ccc(OCCCC(O)C(C)(CC)C(C)(C)Oc2ccc(CCN(C)C(Cc3ccc(OCCCC(O)C(C)(O)CC)cc3)C(=O)OCc3ccccc3)cc2)cc1)NCCCc1ccc(OC(C)C)cc1. The van der Waals surface area contributed by atoms with E-state index in [2.05, 4.69) is 48.3 Å². The zero-order valence-electron chi connectivity index (χ0n) is 49.6. The predicted molar refractivity (Wildman–Crippen MR) is 318 cm³/mol. The smallest absolute Gasteiger partial charge is 0.324 e. The Bertz CT molecular complexity index is 2540. The van der Waals surface area contributed by atoms with Crippen molar-refractivity contribution in [2.24, 2.45) is 5.41 Å². The quantitative estimate of drug-likeness (QED) is 0.0219. The third kappa shape index (κ3) is 20.9. The second kappa shape index (κ2) is 32.5. The molecule has 5 rings (SSSR count). The molecule has 0 aliphatic carbocycles. The van der Waals surface area contributed by atoms with E-state index in [0.29, 0.717) is 102 Å². The highest BCUT2D eigenvalue weighted by molar-refractivity contribution is 5.76. The summed E-state index contributed by atoms with van der Waals surface area (Å²) in [4.78, 5) is 28.8. The van der Waals surface area contributed by atoms with Crippen molar-refractivity contribution in [2.45, 2.75) is 181 Å². The minimum absolute atomic E-state index is 0.132. The largest absolute Gasteiger partial charge is 0.494 e. The second-order valence-electron chi connectivity index (χ2n) is 22.5. The van der Waals surface area contributed by atoms with Gasteiger partial charge in [0.2, 0.25) is 0 Å². The lowest BCUT2D eigenvalue weighted by molar-refractivity contribution is -0.151. The topological polar surface area (TPSA) is 165 Å². The summed E-state index contributed by atoms with van der Waals surface area (Å²) >= 11 is 0. The molecule has 438 valence electrons. The van der Waals surface area contributed by atoms with Crippen LogP contribution >= 0.6 is 0 Å². The number of nitrogens with zero attached hydrogens (tertiary/aromatic N) is 1. The molecule has 4 N–H and O–H groups in total. The molecular weight excluding hydrogens is 1010 g/mol. The molecule has 0 saturated heterocycles. The molecule has 0 aliphatic heterocycles. The summed E-state index contributed by atoms with van der Waals surface area (Å²) < 4.78 is 35.8. The first-order chi connectivity index (χ1) is 38.2. The van der Waals surface area contributed by atoms with Crippen LogP contribution in [-0.2, 0) is 51.4 Å². The number of carbonyl (C=O) groups excluding carboxylic acids is 2. The number of hydrogen-bond donors (Lipinski definition) is 4.